The fourth-order valence-corrected chi connectivity index (χ4v) is 2.68. The molecule has 0 radical (unpaired) electrons. The highest BCUT2D eigenvalue weighted by molar-refractivity contribution is 6.14. The summed E-state index contributed by atoms with van der Waals surface area (Å²) in [5.74, 6) is -0.108. The number of nitrogens with zero attached hydrogens (tertiary/aromatic N) is 1. The van der Waals surface area contributed by atoms with E-state index in [0.717, 1.165) is 12.8 Å². The number of nitrogens with one attached hydrogen (secondary N) is 1. The molecule has 1 amide bonds. The number of hydrogen-bond donors (Lipinski definition) is 2. The molecule has 1 aliphatic heterocycles. The van der Waals surface area contributed by atoms with Crippen LogP contribution in [0.4, 0.5) is 0 Å². The summed E-state index contributed by atoms with van der Waals surface area (Å²) in [6.45, 7) is 4.59. The summed E-state index contributed by atoms with van der Waals surface area (Å²) in [6.07, 6.45) is 4.84. The lowest BCUT2D eigenvalue weighted by Crippen LogP contribution is -2.32. The molecule has 0 aromatic heterocycles. The van der Waals surface area contributed by atoms with E-state index >= 15 is 0 Å². The fourth-order valence-electron chi connectivity index (χ4n) is 2.68. The maximum Gasteiger partial charge on any atom is 0.244 e. The van der Waals surface area contributed by atoms with Crippen LogP contribution in [0, 0.1) is 5.41 Å². The van der Waals surface area contributed by atoms with Crippen molar-refractivity contribution in [2.75, 3.05) is 6.54 Å². The molecule has 2 N–H and O–H groups in total. The largest absolute Gasteiger partial charge is 0.511 e. The molecule has 5 heteroatoms. The van der Waals surface area contributed by atoms with E-state index in [0.29, 0.717) is 25.8 Å². The minimum Gasteiger partial charge on any atom is -0.511 e. The highest BCUT2D eigenvalue weighted by atomic mass is 16.3. The lowest BCUT2D eigenvalue weighted by Gasteiger charge is -2.28. The number of aliphatic hydroxyl groups excluding tert-OH is 1. The van der Waals surface area contributed by atoms with Crippen molar-refractivity contribution in [2.45, 2.75) is 52.0 Å². The first-order valence-corrected chi connectivity index (χ1v) is 7.15. The van der Waals surface area contributed by atoms with Gasteiger partial charge in [-0.05, 0) is 24.7 Å². The van der Waals surface area contributed by atoms with E-state index in [1.54, 1.807) is 0 Å². The van der Waals surface area contributed by atoms with Gasteiger partial charge in [0, 0.05) is 25.6 Å². The first-order valence-electron chi connectivity index (χ1n) is 7.15. The zero-order chi connectivity index (χ0) is 14.8. The third-order valence-corrected chi connectivity index (χ3v) is 3.79. The highest BCUT2D eigenvalue weighted by Crippen LogP contribution is 2.35. The van der Waals surface area contributed by atoms with Crippen LogP contribution in [0.3, 0.4) is 0 Å². The molecule has 2 rings (SSSR count). The van der Waals surface area contributed by atoms with E-state index in [9.17, 15) is 14.7 Å². The number of carbonyl (C=O) groups is 2. The van der Waals surface area contributed by atoms with Gasteiger partial charge in [0.05, 0.1) is 5.57 Å². The summed E-state index contributed by atoms with van der Waals surface area (Å²) in [5, 5.41) is 12.8. The minimum atomic E-state index is -0.444. The molecular formula is C15H22N2O3. The van der Waals surface area contributed by atoms with Crippen LogP contribution in [0.5, 0.6) is 0 Å². The monoisotopic (exact) mass is 278 g/mol. The number of aliphatic imine (C=N–C) groups is 1. The summed E-state index contributed by atoms with van der Waals surface area (Å²) < 4.78 is 0. The Labute approximate surface area is 119 Å². The predicted molar refractivity (Wildman–Crippen MR) is 76.8 cm³/mol. The van der Waals surface area contributed by atoms with E-state index in [-0.39, 0.29) is 28.4 Å². The molecule has 0 bridgehead atoms. The molecule has 20 heavy (non-hydrogen) atoms. The quantitative estimate of drug-likeness (QED) is 0.757. The molecule has 110 valence electrons. The summed E-state index contributed by atoms with van der Waals surface area (Å²) >= 11 is 0. The maximum atomic E-state index is 12.0. The topological polar surface area (TPSA) is 78.8 Å². The smallest absolute Gasteiger partial charge is 0.244 e. The van der Waals surface area contributed by atoms with Gasteiger partial charge in [0.15, 0.2) is 5.78 Å². The van der Waals surface area contributed by atoms with Gasteiger partial charge in [-0.2, -0.15) is 0 Å². The molecule has 2 aliphatic rings. The Morgan fingerprint density at radius 3 is 2.75 bits per heavy atom. The average Bonchev–Trinajstić information content (AvgIpc) is 2.52. The number of amides is 1. The molecule has 1 heterocycles. The third-order valence-electron chi connectivity index (χ3n) is 3.79. The van der Waals surface area contributed by atoms with Gasteiger partial charge in [0.1, 0.15) is 11.8 Å². The summed E-state index contributed by atoms with van der Waals surface area (Å²) in [6, 6.07) is -0.444. The first-order chi connectivity index (χ1) is 9.39. The standard InChI is InChI=1S/C15H22N2O3/c1-15(2)7-12(18)10(13(19)8-15)9-17-11-5-3-4-6-16-14(11)20/h9,11,18H,3-8H2,1-2H3,(H,16,20)/t11-/m1/s1. The molecule has 0 aromatic rings. The summed E-state index contributed by atoms with van der Waals surface area (Å²) in [4.78, 5) is 28.0. The predicted octanol–water partition coefficient (Wildman–Crippen LogP) is 1.93. The molecule has 0 unspecified atom stereocenters. The third kappa shape index (κ3) is 3.46. The van der Waals surface area contributed by atoms with Crippen LogP contribution in [0.15, 0.2) is 16.3 Å². The second-order valence-electron chi connectivity index (χ2n) is 6.38. The van der Waals surface area contributed by atoms with Gasteiger partial charge < -0.3 is 10.4 Å². The van der Waals surface area contributed by atoms with Crippen LogP contribution >= 0.6 is 0 Å². The van der Waals surface area contributed by atoms with E-state index in [2.05, 4.69) is 10.3 Å². The Kier molecular flexibility index (Phi) is 4.26. The van der Waals surface area contributed by atoms with Gasteiger partial charge >= 0.3 is 0 Å². The normalized spacial score (nSPS) is 27.6. The number of rotatable bonds is 2. The van der Waals surface area contributed by atoms with Crippen LogP contribution in [-0.2, 0) is 9.59 Å². The Morgan fingerprint density at radius 1 is 1.30 bits per heavy atom. The Balaban J connectivity index is 2.13. The van der Waals surface area contributed by atoms with Crippen molar-refractivity contribution < 1.29 is 14.7 Å². The zero-order valence-corrected chi connectivity index (χ0v) is 12.1. The van der Waals surface area contributed by atoms with E-state index in [1.807, 2.05) is 13.8 Å². The molecule has 5 nitrogen and oxygen atoms in total. The van der Waals surface area contributed by atoms with Crippen LogP contribution < -0.4 is 5.32 Å². The van der Waals surface area contributed by atoms with Gasteiger partial charge in [0.25, 0.3) is 0 Å². The van der Waals surface area contributed by atoms with E-state index in [4.69, 9.17) is 0 Å². The summed E-state index contributed by atoms with van der Waals surface area (Å²) in [7, 11) is 0. The SMILES string of the molecule is CC1(C)CC(=O)C(C=N[C@@H]2CCCCNC2=O)=C(O)C1. The molecular weight excluding hydrogens is 256 g/mol. The number of Topliss-reactive ketones (excluding diaryl/α,β-unsaturated/α-hetero) is 1. The molecule has 1 fully saturated rings. The molecule has 1 aliphatic carbocycles. The van der Waals surface area contributed by atoms with Crippen molar-refractivity contribution in [3.05, 3.63) is 11.3 Å². The second-order valence-corrected chi connectivity index (χ2v) is 6.38. The van der Waals surface area contributed by atoms with Crippen molar-refractivity contribution in [1.82, 2.24) is 5.32 Å². The van der Waals surface area contributed by atoms with Crippen LogP contribution in [0.25, 0.3) is 0 Å². The number of hydrogen-bond acceptors (Lipinski definition) is 4. The van der Waals surface area contributed by atoms with Crippen LogP contribution in [-0.4, -0.2) is 35.6 Å². The van der Waals surface area contributed by atoms with Crippen molar-refractivity contribution in [1.29, 1.82) is 0 Å². The molecule has 0 aromatic carbocycles. The van der Waals surface area contributed by atoms with E-state index < -0.39 is 6.04 Å². The summed E-state index contributed by atoms with van der Waals surface area (Å²) in [5.41, 5.74) is 0.0550. The Bertz CT molecular complexity index is 478. The van der Waals surface area contributed by atoms with Gasteiger partial charge in [-0.15, -0.1) is 0 Å². The number of allylic oxidation sites excluding steroid dienone is 2. The van der Waals surface area contributed by atoms with Crippen LogP contribution in [0.1, 0.15) is 46.0 Å². The fraction of sp³-hybridized carbons (Fsp3) is 0.667. The van der Waals surface area contributed by atoms with Gasteiger partial charge in [-0.3, -0.25) is 14.6 Å². The van der Waals surface area contributed by atoms with Crippen molar-refractivity contribution in [3.8, 4) is 0 Å². The second kappa shape index (κ2) is 5.77. The number of carbonyl (C=O) groups excluding carboxylic acids is 2. The van der Waals surface area contributed by atoms with Gasteiger partial charge in [0.2, 0.25) is 5.91 Å². The molecule has 0 saturated carbocycles. The lowest BCUT2D eigenvalue weighted by molar-refractivity contribution is -0.122. The Hall–Kier alpha value is -1.65. The molecule has 1 saturated heterocycles. The first kappa shape index (κ1) is 14.8. The average molecular weight is 278 g/mol. The zero-order valence-electron chi connectivity index (χ0n) is 12.1. The van der Waals surface area contributed by atoms with Crippen LogP contribution in [0.2, 0.25) is 0 Å². The highest BCUT2D eigenvalue weighted by Gasteiger charge is 2.32. The maximum absolute atomic E-state index is 12.0. The Morgan fingerprint density at radius 2 is 2.05 bits per heavy atom. The number of aliphatic hydroxyl groups is 1. The molecule has 1 atom stereocenters. The van der Waals surface area contributed by atoms with Gasteiger partial charge in [-0.25, -0.2) is 0 Å². The van der Waals surface area contributed by atoms with E-state index in [1.165, 1.54) is 6.21 Å². The van der Waals surface area contributed by atoms with Crippen molar-refractivity contribution in [3.63, 3.8) is 0 Å². The van der Waals surface area contributed by atoms with Crippen molar-refractivity contribution >= 4 is 17.9 Å². The lowest BCUT2D eigenvalue weighted by atomic mass is 9.77. The minimum absolute atomic E-state index is 0.0871. The number of ketones is 1. The van der Waals surface area contributed by atoms with Crippen molar-refractivity contribution in [2.24, 2.45) is 10.4 Å². The van der Waals surface area contributed by atoms with Gasteiger partial charge in [-0.1, -0.05) is 13.8 Å². The molecule has 0 spiro atoms.